The molecule has 1 N–H and O–H groups in total. The van der Waals surface area contributed by atoms with Crippen LogP contribution in [-0.2, 0) is 0 Å². The maximum Gasteiger partial charge on any atom is 0.157 e. The third-order valence-corrected chi connectivity index (χ3v) is 3.72. The van der Waals surface area contributed by atoms with Crippen LogP contribution in [0.1, 0.15) is 48.8 Å². The second-order valence-electron chi connectivity index (χ2n) is 5.62. The molecule has 0 spiro atoms. The first-order valence-corrected chi connectivity index (χ1v) is 7.60. The summed E-state index contributed by atoms with van der Waals surface area (Å²) in [7, 11) is 0. The van der Waals surface area contributed by atoms with Crippen LogP contribution in [0.15, 0.2) is 12.4 Å². The van der Waals surface area contributed by atoms with Gasteiger partial charge in [-0.1, -0.05) is 13.8 Å². The number of nitrogens with zero attached hydrogens (tertiary/aromatic N) is 4. The number of hydrogen-bond acceptors (Lipinski definition) is 4. The van der Waals surface area contributed by atoms with E-state index in [0.717, 1.165) is 42.4 Å². The molecule has 2 heterocycles. The highest BCUT2D eigenvalue weighted by molar-refractivity contribution is 5.35. The van der Waals surface area contributed by atoms with Gasteiger partial charge in [0.1, 0.15) is 6.33 Å². The molecule has 0 bridgehead atoms. The Morgan fingerprint density at radius 1 is 1.24 bits per heavy atom. The molecule has 1 atom stereocenters. The SMILES string of the molecule is CCCNCC(C)c1c(C)nn(-c2cc(C)ncn2)c1C. The Morgan fingerprint density at radius 3 is 2.67 bits per heavy atom. The summed E-state index contributed by atoms with van der Waals surface area (Å²) < 4.78 is 1.93. The summed E-state index contributed by atoms with van der Waals surface area (Å²) in [5.41, 5.74) is 4.51. The molecule has 2 aromatic rings. The van der Waals surface area contributed by atoms with Crippen molar-refractivity contribution >= 4 is 0 Å². The fourth-order valence-corrected chi connectivity index (χ4v) is 2.74. The van der Waals surface area contributed by atoms with Crippen LogP contribution in [0.2, 0.25) is 0 Å². The van der Waals surface area contributed by atoms with Crippen LogP contribution in [0.5, 0.6) is 0 Å². The molecular formula is C16H25N5. The maximum absolute atomic E-state index is 4.67. The minimum atomic E-state index is 0.438. The molecule has 114 valence electrons. The van der Waals surface area contributed by atoms with Crippen molar-refractivity contribution in [1.82, 2.24) is 25.1 Å². The third-order valence-electron chi connectivity index (χ3n) is 3.72. The Hall–Kier alpha value is -1.75. The van der Waals surface area contributed by atoms with E-state index < -0.39 is 0 Å². The average Bonchev–Trinajstić information content (AvgIpc) is 2.74. The van der Waals surface area contributed by atoms with Crippen LogP contribution in [0.3, 0.4) is 0 Å². The van der Waals surface area contributed by atoms with E-state index in [1.54, 1.807) is 6.33 Å². The highest BCUT2D eigenvalue weighted by Crippen LogP contribution is 2.24. The van der Waals surface area contributed by atoms with Gasteiger partial charge in [-0.05, 0) is 39.7 Å². The van der Waals surface area contributed by atoms with E-state index in [1.165, 1.54) is 5.56 Å². The summed E-state index contributed by atoms with van der Waals surface area (Å²) in [5, 5.41) is 8.15. The molecule has 0 saturated carbocycles. The van der Waals surface area contributed by atoms with Gasteiger partial charge in [0, 0.05) is 29.6 Å². The second-order valence-corrected chi connectivity index (χ2v) is 5.62. The zero-order chi connectivity index (χ0) is 15.4. The van der Waals surface area contributed by atoms with Crippen molar-refractivity contribution in [1.29, 1.82) is 0 Å². The summed E-state index contributed by atoms with van der Waals surface area (Å²) in [5.74, 6) is 1.27. The summed E-state index contributed by atoms with van der Waals surface area (Å²) >= 11 is 0. The van der Waals surface area contributed by atoms with Gasteiger partial charge in [-0.3, -0.25) is 0 Å². The fraction of sp³-hybridized carbons (Fsp3) is 0.562. The van der Waals surface area contributed by atoms with Crippen molar-refractivity contribution in [2.45, 2.75) is 47.0 Å². The van der Waals surface area contributed by atoms with Crippen LogP contribution in [0.25, 0.3) is 5.82 Å². The molecule has 2 aromatic heterocycles. The normalized spacial score (nSPS) is 12.6. The molecule has 0 aromatic carbocycles. The Labute approximate surface area is 126 Å². The van der Waals surface area contributed by atoms with Crippen LogP contribution in [-0.4, -0.2) is 32.8 Å². The maximum atomic E-state index is 4.67. The topological polar surface area (TPSA) is 55.6 Å². The minimum absolute atomic E-state index is 0.438. The van der Waals surface area contributed by atoms with E-state index in [-0.39, 0.29) is 0 Å². The first-order chi connectivity index (χ1) is 10.0. The fourth-order valence-electron chi connectivity index (χ4n) is 2.74. The minimum Gasteiger partial charge on any atom is -0.316 e. The molecule has 0 aliphatic carbocycles. The highest BCUT2D eigenvalue weighted by atomic mass is 15.3. The molecule has 0 fully saturated rings. The standard InChI is InChI=1S/C16H25N5/c1-6-7-17-9-11(2)16-13(4)20-21(14(16)5)15-8-12(3)18-10-19-15/h8,10-11,17H,6-7,9H2,1-5H3. The van der Waals surface area contributed by atoms with E-state index in [0.29, 0.717) is 5.92 Å². The third kappa shape index (κ3) is 3.47. The lowest BCUT2D eigenvalue weighted by Gasteiger charge is -2.13. The molecule has 0 aliphatic heterocycles. The molecule has 0 saturated heterocycles. The Morgan fingerprint density at radius 2 is 2.00 bits per heavy atom. The molecule has 0 radical (unpaired) electrons. The number of hydrogen-bond donors (Lipinski definition) is 1. The summed E-state index contributed by atoms with van der Waals surface area (Å²) in [4.78, 5) is 8.48. The van der Waals surface area contributed by atoms with Gasteiger partial charge in [-0.15, -0.1) is 0 Å². The predicted molar refractivity (Wildman–Crippen MR) is 84.9 cm³/mol. The molecular weight excluding hydrogens is 262 g/mol. The van der Waals surface area contributed by atoms with Crippen LogP contribution in [0, 0.1) is 20.8 Å². The molecule has 2 rings (SSSR count). The van der Waals surface area contributed by atoms with E-state index >= 15 is 0 Å². The van der Waals surface area contributed by atoms with Gasteiger partial charge in [-0.25, -0.2) is 14.6 Å². The van der Waals surface area contributed by atoms with Crippen molar-refractivity contribution in [3.8, 4) is 5.82 Å². The zero-order valence-corrected chi connectivity index (χ0v) is 13.6. The Bertz CT molecular complexity index is 603. The van der Waals surface area contributed by atoms with E-state index in [9.17, 15) is 0 Å². The van der Waals surface area contributed by atoms with Crippen LogP contribution < -0.4 is 5.32 Å². The molecule has 0 amide bonds. The number of aromatic nitrogens is 4. The van der Waals surface area contributed by atoms with E-state index in [4.69, 9.17) is 0 Å². The van der Waals surface area contributed by atoms with Crippen molar-refractivity contribution in [3.63, 3.8) is 0 Å². The molecule has 21 heavy (non-hydrogen) atoms. The molecule has 5 nitrogen and oxygen atoms in total. The van der Waals surface area contributed by atoms with Gasteiger partial charge >= 0.3 is 0 Å². The van der Waals surface area contributed by atoms with Crippen LogP contribution in [0.4, 0.5) is 0 Å². The number of rotatable bonds is 6. The first kappa shape index (κ1) is 15.6. The zero-order valence-electron chi connectivity index (χ0n) is 13.6. The Kier molecular flexibility index (Phi) is 5.07. The Balaban J connectivity index is 2.29. The van der Waals surface area contributed by atoms with Crippen molar-refractivity contribution in [3.05, 3.63) is 35.0 Å². The lowest BCUT2D eigenvalue weighted by Crippen LogP contribution is -2.21. The molecule has 0 aliphatic rings. The van der Waals surface area contributed by atoms with E-state index in [2.05, 4.69) is 48.1 Å². The van der Waals surface area contributed by atoms with Crippen molar-refractivity contribution in [2.75, 3.05) is 13.1 Å². The monoisotopic (exact) mass is 287 g/mol. The smallest absolute Gasteiger partial charge is 0.157 e. The highest BCUT2D eigenvalue weighted by Gasteiger charge is 2.18. The lowest BCUT2D eigenvalue weighted by atomic mass is 9.99. The quantitative estimate of drug-likeness (QED) is 0.830. The summed E-state index contributed by atoms with van der Waals surface area (Å²) in [6.45, 7) is 12.6. The van der Waals surface area contributed by atoms with Crippen molar-refractivity contribution < 1.29 is 0 Å². The van der Waals surface area contributed by atoms with Gasteiger partial charge in [0.15, 0.2) is 5.82 Å². The summed E-state index contributed by atoms with van der Waals surface area (Å²) in [6, 6.07) is 1.96. The second kappa shape index (κ2) is 6.80. The number of nitrogens with one attached hydrogen (secondary N) is 1. The van der Waals surface area contributed by atoms with Gasteiger partial charge in [0.25, 0.3) is 0 Å². The largest absolute Gasteiger partial charge is 0.316 e. The molecule has 1 unspecified atom stereocenters. The first-order valence-electron chi connectivity index (χ1n) is 7.60. The van der Waals surface area contributed by atoms with Gasteiger partial charge < -0.3 is 5.32 Å². The van der Waals surface area contributed by atoms with Gasteiger partial charge in [0.2, 0.25) is 0 Å². The van der Waals surface area contributed by atoms with Gasteiger partial charge in [-0.2, -0.15) is 5.10 Å². The number of aryl methyl sites for hydroxylation is 2. The summed E-state index contributed by atoms with van der Waals surface area (Å²) in [6.07, 6.45) is 2.75. The van der Waals surface area contributed by atoms with E-state index in [1.807, 2.05) is 17.7 Å². The van der Waals surface area contributed by atoms with Gasteiger partial charge in [0.05, 0.1) is 5.69 Å². The predicted octanol–water partition coefficient (Wildman–Crippen LogP) is 2.69. The van der Waals surface area contributed by atoms with Crippen LogP contribution >= 0.6 is 0 Å². The molecule has 5 heteroatoms. The average molecular weight is 287 g/mol. The van der Waals surface area contributed by atoms with Crippen molar-refractivity contribution in [2.24, 2.45) is 0 Å². The lowest BCUT2D eigenvalue weighted by molar-refractivity contribution is 0.605.